The van der Waals surface area contributed by atoms with E-state index < -0.39 is 0 Å². The van der Waals surface area contributed by atoms with Crippen molar-refractivity contribution in [2.24, 2.45) is 0 Å². The van der Waals surface area contributed by atoms with Crippen molar-refractivity contribution in [3.05, 3.63) is 24.3 Å². The van der Waals surface area contributed by atoms with Crippen LogP contribution in [0.25, 0.3) is 0 Å². The highest BCUT2D eigenvalue weighted by atomic mass is 16.6. The largest absolute Gasteiger partial charge is 0.393 e. The predicted octanol–water partition coefficient (Wildman–Crippen LogP) is 11.4. The summed E-state index contributed by atoms with van der Waals surface area (Å²) in [4.78, 5) is 23.7. The molecule has 0 atom stereocenters. The molecule has 0 aromatic heterocycles. The molecule has 0 heterocycles. The van der Waals surface area contributed by atoms with Gasteiger partial charge in [0.15, 0.2) is 0 Å². The summed E-state index contributed by atoms with van der Waals surface area (Å²) in [6.45, 7) is 4.52. The van der Waals surface area contributed by atoms with Gasteiger partial charge in [0.1, 0.15) is 0 Å². The monoisotopic (exact) mass is 518 g/mol. The Morgan fingerprint density at radius 3 is 1.08 bits per heavy atom. The van der Waals surface area contributed by atoms with Crippen molar-refractivity contribution in [3.63, 3.8) is 0 Å². The van der Waals surface area contributed by atoms with Gasteiger partial charge in [-0.25, -0.2) is 0 Å². The third-order valence-electron chi connectivity index (χ3n) is 7.01. The molecule has 0 aromatic rings. The molecular weight excluding hydrogens is 456 g/mol. The van der Waals surface area contributed by atoms with Crippen molar-refractivity contribution >= 4 is 11.9 Å². The normalized spacial score (nSPS) is 11.6. The lowest BCUT2D eigenvalue weighted by atomic mass is 10.1. The summed E-state index contributed by atoms with van der Waals surface area (Å²) in [7, 11) is 0. The zero-order valence-electron chi connectivity index (χ0n) is 24.9. The maximum atomic E-state index is 11.9. The highest BCUT2D eigenvalue weighted by molar-refractivity contribution is 5.85. The van der Waals surface area contributed by atoms with E-state index in [0.29, 0.717) is 12.8 Å². The molecule has 0 amide bonds. The van der Waals surface area contributed by atoms with Gasteiger partial charge in [0.25, 0.3) is 0 Å². The molecule has 0 saturated carbocycles. The van der Waals surface area contributed by atoms with E-state index in [1.165, 1.54) is 116 Å². The maximum absolute atomic E-state index is 11.9. The zero-order chi connectivity index (χ0) is 27.1. The van der Waals surface area contributed by atoms with E-state index in [-0.39, 0.29) is 11.9 Å². The fourth-order valence-corrected chi connectivity index (χ4v) is 4.56. The second-order valence-corrected chi connectivity index (χ2v) is 10.8. The molecule has 3 heteroatoms. The number of hydrogen-bond acceptors (Lipinski definition) is 3. The summed E-state index contributed by atoms with van der Waals surface area (Å²) < 4.78 is 4.97. The summed E-state index contributed by atoms with van der Waals surface area (Å²) in [5.74, 6) is -0.706. The smallest absolute Gasteiger partial charge is 0.313 e. The summed E-state index contributed by atoms with van der Waals surface area (Å²) in [5, 5.41) is 0. The molecule has 0 unspecified atom stereocenters. The van der Waals surface area contributed by atoms with Gasteiger partial charge in [0.05, 0.1) is 0 Å². The van der Waals surface area contributed by atoms with Gasteiger partial charge in [0, 0.05) is 12.8 Å². The van der Waals surface area contributed by atoms with Gasteiger partial charge in [0.2, 0.25) is 0 Å². The molecule has 0 bridgehead atoms. The highest BCUT2D eigenvalue weighted by Gasteiger charge is 2.09. The number of ether oxygens (including phenoxy) is 1. The minimum atomic E-state index is -0.356. The van der Waals surface area contributed by atoms with Crippen molar-refractivity contribution < 1.29 is 14.3 Å². The van der Waals surface area contributed by atoms with E-state index >= 15 is 0 Å². The van der Waals surface area contributed by atoms with E-state index in [1.54, 1.807) is 0 Å². The Hall–Kier alpha value is -1.38. The Bertz CT molecular complexity index is 549. The molecule has 0 saturated heterocycles. The van der Waals surface area contributed by atoms with Crippen LogP contribution in [0.15, 0.2) is 24.3 Å². The minimum Gasteiger partial charge on any atom is -0.393 e. The third-order valence-corrected chi connectivity index (χ3v) is 7.01. The second kappa shape index (κ2) is 30.8. The molecular formula is C34H62O3. The average molecular weight is 519 g/mol. The van der Waals surface area contributed by atoms with Gasteiger partial charge >= 0.3 is 11.9 Å². The van der Waals surface area contributed by atoms with E-state index in [0.717, 1.165) is 38.5 Å². The summed E-state index contributed by atoms with van der Waals surface area (Å²) in [6, 6.07) is 0. The van der Waals surface area contributed by atoms with Gasteiger partial charge in [-0.15, -0.1) is 0 Å². The number of unbranched alkanes of at least 4 members (excludes halogenated alkanes) is 20. The SMILES string of the molecule is CCCCCC/C=C\CCCCCCCC(=O)OC(=O)CCCC/C=C\CCCCCCCCCCC. The maximum Gasteiger partial charge on any atom is 0.313 e. The van der Waals surface area contributed by atoms with Crippen LogP contribution in [0.1, 0.15) is 181 Å². The summed E-state index contributed by atoms with van der Waals surface area (Å²) in [5.41, 5.74) is 0. The molecule has 3 nitrogen and oxygen atoms in total. The standard InChI is InChI=1S/C34H62O3/c1-3-5-7-9-11-13-15-17-18-20-22-24-26-28-30-32-34(36)37-33(35)31-29-27-25-23-21-19-16-14-12-10-8-6-4-2/h14,16,22,24H,3-13,15,17-21,23,25-32H2,1-2H3/b16-14-,24-22-. The molecule has 0 N–H and O–H groups in total. The van der Waals surface area contributed by atoms with Gasteiger partial charge in [-0.05, 0) is 64.2 Å². The lowest BCUT2D eigenvalue weighted by molar-refractivity contribution is -0.159. The first-order chi connectivity index (χ1) is 18.2. The molecule has 216 valence electrons. The van der Waals surface area contributed by atoms with Crippen molar-refractivity contribution in [2.75, 3.05) is 0 Å². The molecule has 0 rings (SSSR count). The number of carbonyl (C=O) groups excluding carboxylic acids is 2. The number of carbonyl (C=O) groups is 2. The first-order valence-corrected chi connectivity index (χ1v) is 16.2. The summed E-state index contributed by atoms with van der Waals surface area (Å²) in [6.07, 6.45) is 39.3. The molecule has 37 heavy (non-hydrogen) atoms. The van der Waals surface area contributed by atoms with E-state index in [4.69, 9.17) is 4.74 Å². The van der Waals surface area contributed by atoms with Crippen LogP contribution in [0, 0.1) is 0 Å². The number of hydrogen-bond donors (Lipinski definition) is 0. The van der Waals surface area contributed by atoms with Crippen LogP contribution in [-0.2, 0) is 14.3 Å². The Labute approximate surface area is 231 Å². The zero-order valence-corrected chi connectivity index (χ0v) is 24.9. The summed E-state index contributed by atoms with van der Waals surface area (Å²) >= 11 is 0. The molecule has 0 aromatic carbocycles. The average Bonchev–Trinajstić information content (AvgIpc) is 2.89. The van der Waals surface area contributed by atoms with Crippen LogP contribution in [0.4, 0.5) is 0 Å². The molecule has 0 aliphatic carbocycles. The number of allylic oxidation sites excluding steroid dienone is 4. The Morgan fingerprint density at radius 1 is 0.405 bits per heavy atom. The van der Waals surface area contributed by atoms with Crippen molar-refractivity contribution in [1.82, 2.24) is 0 Å². The van der Waals surface area contributed by atoms with Gasteiger partial charge in [-0.2, -0.15) is 0 Å². The molecule has 0 aliphatic heterocycles. The Morgan fingerprint density at radius 2 is 0.676 bits per heavy atom. The van der Waals surface area contributed by atoms with Gasteiger partial charge in [-0.3, -0.25) is 9.59 Å². The highest BCUT2D eigenvalue weighted by Crippen LogP contribution is 2.12. The molecule has 0 fully saturated rings. The number of rotatable bonds is 28. The minimum absolute atomic E-state index is 0.350. The van der Waals surface area contributed by atoms with Crippen LogP contribution in [0.2, 0.25) is 0 Å². The molecule has 0 spiro atoms. The third kappa shape index (κ3) is 30.7. The van der Waals surface area contributed by atoms with Crippen LogP contribution in [0.3, 0.4) is 0 Å². The van der Waals surface area contributed by atoms with E-state index in [2.05, 4.69) is 38.2 Å². The second-order valence-electron chi connectivity index (χ2n) is 10.8. The van der Waals surface area contributed by atoms with Crippen LogP contribution >= 0.6 is 0 Å². The van der Waals surface area contributed by atoms with Crippen LogP contribution in [0.5, 0.6) is 0 Å². The molecule has 0 radical (unpaired) electrons. The fraction of sp³-hybridized carbons (Fsp3) is 0.824. The molecule has 0 aliphatic rings. The Balaban J connectivity index is 3.39. The van der Waals surface area contributed by atoms with Crippen molar-refractivity contribution in [2.45, 2.75) is 181 Å². The lowest BCUT2D eigenvalue weighted by Gasteiger charge is -2.03. The topological polar surface area (TPSA) is 43.4 Å². The van der Waals surface area contributed by atoms with Crippen molar-refractivity contribution in [3.8, 4) is 0 Å². The fourth-order valence-electron chi connectivity index (χ4n) is 4.56. The van der Waals surface area contributed by atoms with Crippen molar-refractivity contribution in [1.29, 1.82) is 0 Å². The first kappa shape index (κ1) is 35.6. The van der Waals surface area contributed by atoms with E-state index in [1.807, 2.05) is 0 Å². The van der Waals surface area contributed by atoms with E-state index in [9.17, 15) is 9.59 Å². The van der Waals surface area contributed by atoms with Gasteiger partial charge < -0.3 is 4.74 Å². The number of esters is 2. The quantitative estimate of drug-likeness (QED) is 0.0447. The first-order valence-electron chi connectivity index (χ1n) is 16.2. The van der Waals surface area contributed by atoms with Crippen LogP contribution < -0.4 is 0 Å². The predicted molar refractivity (Wildman–Crippen MR) is 161 cm³/mol. The van der Waals surface area contributed by atoms with Gasteiger partial charge in [-0.1, -0.05) is 128 Å². The Kier molecular flexibility index (Phi) is 29.7. The lowest BCUT2D eigenvalue weighted by Crippen LogP contribution is -2.11. The van der Waals surface area contributed by atoms with Crippen LogP contribution in [-0.4, -0.2) is 11.9 Å².